The third-order valence-electron chi connectivity index (χ3n) is 9.00. The first kappa shape index (κ1) is 27.4. The average molecular weight is 583 g/mol. The van der Waals surface area contributed by atoms with E-state index in [9.17, 15) is 9.59 Å². The van der Waals surface area contributed by atoms with Gasteiger partial charge in [0.1, 0.15) is 29.6 Å². The summed E-state index contributed by atoms with van der Waals surface area (Å²) >= 11 is 0. The number of rotatable bonds is 8. The van der Waals surface area contributed by atoms with E-state index in [-0.39, 0.29) is 24.1 Å². The summed E-state index contributed by atoms with van der Waals surface area (Å²) in [4.78, 5) is 46.6. The summed E-state index contributed by atoms with van der Waals surface area (Å²) in [6.07, 6.45) is 5.40. The first-order chi connectivity index (χ1) is 21.5. The minimum Gasteiger partial charge on any atom is -0.496 e. The fraction of sp³-hybridized carbons (Fsp3) is 0.162. The summed E-state index contributed by atoms with van der Waals surface area (Å²) in [5.41, 5.74) is 2.30. The van der Waals surface area contributed by atoms with Crippen molar-refractivity contribution in [3.05, 3.63) is 144 Å². The highest BCUT2D eigenvalue weighted by Gasteiger charge is 2.71. The van der Waals surface area contributed by atoms with Crippen molar-refractivity contribution >= 4 is 29.2 Å². The zero-order valence-electron chi connectivity index (χ0n) is 24.1. The van der Waals surface area contributed by atoms with E-state index in [2.05, 4.69) is 11.9 Å². The molecule has 1 spiro atoms. The molecular weight excluding hydrogens is 552 g/mol. The Morgan fingerprint density at radius 1 is 0.886 bits per heavy atom. The quantitative estimate of drug-likeness (QED) is 0.196. The summed E-state index contributed by atoms with van der Waals surface area (Å²) in [6.45, 7) is 3.93. The van der Waals surface area contributed by atoms with Crippen LogP contribution in [0.5, 0.6) is 11.5 Å². The molecule has 4 aromatic carbocycles. The molecule has 0 bridgehead atoms. The lowest BCUT2D eigenvalue weighted by Gasteiger charge is -2.38. The van der Waals surface area contributed by atoms with Gasteiger partial charge in [-0.15, -0.1) is 0 Å². The first-order valence-electron chi connectivity index (χ1n) is 14.5. The predicted molar refractivity (Wildman–Crippen MR) is 168 cm³/mol. The van der Waals surface area contributed by atoms with E-state index < -0.39 is 23.4 Å². The number of fused-ring (bicyclic) bond motifs is 6. The maximum atomic E-state index is 15.2. The summed E-state index contributed by atoms with van der Waals surface area (Å²) < 4.78 is 11.5. The first-order valence-corrected chi connectivity index (χ1v) is 14.5. The number of nitrogens with zero attached hydrogens (tertiary/aromatic N) is 1. The Morgan fingerprint density at radius 2 is 1.55 bits per heavy atom. The van der Waals surface area contributed by atoms with Crippen LogP contribution in [-0.2, 0) is 10.2 Å². The van der Waals surface area contributed by atoms with E-state index in [4.69, 9.17) is 9.47 Å². The Balaban J connectivity index is 1.54. The topological polar surface area (TPSA) is 84.9 Å². The number of ether oxygens (including phenoxy) is 2. The molecule has 7 nitrogen and oxygen atoms in total. The molecule has 0 saturated carbocycles. The summed E-state index contributed by atoms with van der Waals surface area (Å²) in [5.74, 6) is -1.36. The highest BCUT2D eigenvalue weighted by Crippen LogP contribution is 2.62. The fourth-order valence-corrected chi connectivity index (χ4v) is 7.29. The molecule has 0 aliphatic carbocycles. The molecule has 4 atom stereocenters. The van der Waals surface area contributed by atoms with Crippen molar-refractivity contribution in [2.75, 3.05) is 19.0 Å². The summed E-state index contributed by atoms with van der Waals surface area (Å²) in [6, 6.07) is 27.6. The molecule has 1 saturated heterocycles. The maximum Gasteiger partial charge on any atom is 0.238 e. The molecule has 1 N–H and O–H groups in total. The molecule has 0 aromatic heterocycles. The van der Waals surface area contributed by atoms with Gasteiger partial charge in [0, 0.05) is 11.9 Å². The van der Waals surface area contributed by atoms with Crippen molar-refractivity contribution in [3.63, 3.8) is 0 Å². The van der Waals surface area contributed by atoms with Crippen LogP contribution in [0.15, 0.2) is 116 Å². The monoisotopic (exact) mass is 582 g/mol. The average Bonchev–Trinajstić information content (AvgIpc) is 3.55. The highest BCUT2D eigenvalue weighted by atomic mass is 16.5. The SMILES string of the molecule is C=CCOc1ccccc1C(=O)[C@@H]1[C@H](C(=O)c2ccccc2OC)N2C=Cc3ccccc3[C@H]2[C@]12C(=O)Nc1ccccc12. The van der Waals surface area contributed by atoms with E-state index in [1.165, 1.54) is 7.11 Å². The Kier molecular flexibility index (Phi) is 6.66. The fourth-order valence-electron chi connectivity index (χ4n) is 7.29. The molecule has 3 aliphatic heterocycles. The molecule has 0 radical (unpaired) electrons. The minimum atomic E-state index is -1.44. The molecule has 0 unspecified atom stereocenters. The number of benzene rings is 4. The maximum absolute atomic E-state index is 15.2. The number of para-hydroxylation sites is 3. The molecule has 7 rings (SSSR count). The summed E-state index contributed by atoms with van der Waals surface area (Å²) in [7, 11) is 1.51. The van der Waals surface area contributed by atoms with Crippen molar-refractivity contribution in [2.45, 2.75) is 17.5 Å². The lowest BCUT2D eigenvalue weighted by Crippen LogP contribution is -2.49. The minimum absolute atomic E-state index is 0.192. The molecule has 1 amide bonds. The van der Waals surface area contributed by atoms with Crippen LogP contribution in [0.25, 0.3) is 6.08 Å². The second-order valence-corrected chi connectivity index (χ2v) is 11.1. The number of nitrogens with one attached hydrogen (secondary N) is 1. The number of methoxy groups -OCH3 is 1. The second kappa shape index (κ2) is 10.7. The Labute approximate surface area is 255 Å². The number of carbonyl (C=O) groups excluding carboxylic acids is 3. The van der Waals surface area contributed by atoms with Gasteiger partial charge in [-0.05, 0) is 53.1 Å². The Hall–Kier alpha value is -5.43. The van der Waals surface area contributed by atoms with E-state index in [0.29, 0.717) is 33.9 Å². The molecule has 218 valence electrons. The van der Waals surface area contributed by atoms with E-state index >= 15 is 4.79 Å². The lowest BCUT2D eigenvalue weighted by molar-refractivity contribution is -0.122. The molecule has 7 heteroatoms. The largest absolute Gasteiger partial charge is 0.496 e. The van der Waals surface area contributed by atoms with E-state index in [0.717, 1.165) is 11.1 Å². The van der Waals surface area contributed by atoms with Gasteiger partial charge >= 0.3 is 0 Å². The summed E-state index contributed by atoms with van der Waals surface area (Å²) in [5, 5.41) is 3.08. The van der Waals surface area contributed by atoms with Gasteiger partial charge in [-0.1, -0.05) is 79.4 Å². The third kappa shape index (κ3) is 3.85. The number of ketones is 2. The Bertz CT molecular complexity index is 1860. The Morgan fingerprint density at radius 3 is 2.32 bits per heavy atom. The normalized spacial score (nSPS) is 22.5. The number of hydrogen-bond donors (Lipinski definition) is 1. The predicted octanol–water partition coefficient (Wildman–Crippen LogP) is 6.24. The zero-order chi connectivity index (χ0) is 30.4. The number of hydrogen-bond acceptors (Lipinski definition) is 6. The van der Waals surface area contributed by atoms with Crippen LogP contribution in [0, 0.1) is 5.92 Å². The van der Waals surface area contributed by atoms with Crippen molar-refractivity contribution in [1.82, 2.24) is 4.90 Å². The van der Waals surface area contributed by atoms with Crippen LogP contribution in [0.3, 0.4) is 0 Å². The van der Waals surface area contributed by atoms with Gasteiger partial charge < -0.3 is 19.7 Å². The molecule has 3 heterocycles. The van der Waals surface area contributed by atoms with E-state index in [1.54, 1.807) is 54.6 Å². The van der Waals surface area contributed by atoms with Crippen molar-refractivity contribution < 1.29 is 23.9 Å². The van der Waals surface area contributed by atoms with Crippen LogP contribution in [-0.4, -0.2) is 42.1 Å². The van der Waals surface area contributed by atoms with Crippen LogP contribution < -0.4 is 14.8 Å². The number of carbonyl (C=O) groups is 3. The second-order valence-electron chi connectivity index (χ2n) is 11.1. The zero-order valence-corrected chi connectivity index (χ0v) is 24.1. The van der Waals surface area contributed by atoms with Crippen molar-refractivity contribution in [3.8, 4) is 11.5 Å². The number of amides is 1. The van der Waals surface area contributed by atoms with Gasteiger partial charge in [0.2, 0.25) is 5.91 Å². The molecular formula is C37H30N2O5. The smallest absolute Gasteiger partial charge is 0.238 e. The van der Waals surface area contributed by atoms with Gasteiger partial charge in [-0.25, -0.2) is 0 Å². The number of Topliss-reactive ketones (excluding diaryl/α,β-unsaturated/α-hetero) is 2. The third-order valence-corrected chi connectivity index (χ3v) is 9.00. The van der Waals surface area contributed by atoms with Gasteiger partial charge in [0.25, 0.3) is 0 Å². The number of anilines is 1. The van der Waals surface area contributed by atoms with Crippen LogP contribution in [0.4, 0.5) is 5.69 Å². The standard InChI is InChI=1S/C37H30N2O5/c1-3-22-44-30-19-11-7-15-26(30)33(40)31-32(34(41)25-14-6-10-18-29(25)43-2)39-21-20-23-12-4-5-13-24(23)35(39)37(31)27-16-8-9-17-28(27)38-36(37)42/h3-21,31-32,35H,1,22H2,2H3,(H,38,42)/t31-,32+,35-,37+/m0/s1. The molecule has 4 aromatic rings. The van der Waals surface area contributed by atoms with Crippen LogP contribution >= 0.6 is 0 Å². The van der Waals surface area contributed by atoms with Gasteiger partial charge in [-0.2, -0.15) is 0 Å². The van der Waals surface area contributed by atoms with E-state index in [1.807, 2.05) is 65.7 Å². The molecule has 44 heavy (non-hydrogen) atoms. The van der Waals surface area contributed by atoms with Crippen LogP contribution in [0.2, 0.25) is 0 Å². The van der Waals surface area contributed by atoms with Crippen molar-refractivity contribution in [1.29, 1.82) is 0 Å². The van der Waals surface area contributed by atoms with Gasteiger partial charge in [-0.3, -0.25) is 14.4 Å². The molecule has 3 aliphatic rings. The van der Waals surface area contributed by atoms with Gasteiger partial charge in [0.05, 0.1) is 30.2 Å². The lowest BCUT2D eigenvalue weighted by atomic mass is 9.62. The highest BCUT2D eigenvalue weighted by molar-refractivity contribution is 6.17. The van der Waals surface area contributed by atoms with Crippen molar-refractivity contribution in [2.24, 2.45) is 5.92 Å². The van der Waals surface area contributed by atoms with Gasteiger partial charge in [0.15, 0.2) is 11.6 Å². The molecule has 1 fully saturated rings. The van der Waals surface area contributed by atoms with Crippen LogP contribution in [0.1, 0.15) is 43.4 Å².